The minimum atomic E-state index is -0.568. The van der Waals surface area contributed by atoms with E-state index in [1.54, 1.807) is 19.1 Å². The van der Waals surface area contributed by atoms with Gasteiger partial charge in [0.25, 0.3) is 5.69 Å². The molecule has 0 fully saturated rings. The van der Waals surface area contributed by atoms with Gasteiger partial charge in [0.15, 0.2) is 0 Å². The van der Waals surface area contributed by atoms with E-state index in [4.69, 9.17) is 11.6 Å². The lowest BCUT2D eigenvalue weighted by Crippen LogP contribution is -2.09. The molecular weight excluding hydrogens is 363 g/mol. The lowest BCUT2D eigenvalue weighted by Gasteiger charge is -2.17. The highest BCUT2D eigenvalue weighted by atomic mass is 79.9. The number of nitro benzene ring substituents is 1. The molecule has 0 saturated carbocycles. The Morgan fingerprint density at radius 1 is 1.33 bits per heavy atom. The van der Waals surface area contributed by atoms with Crippen LogP contribution in [-0.4, -0.2) is 4.92 Å². The van der Waals surface area contributed by atoms with Gasteiger partial charge < -0.3 is 5.32 Å². The zero-order valence-corrected chi connectivity index (χ0v) is 13.3. The maximum atomic E-state index is 13.7. The van der Waals surface area contributed by atoms with E-state index in [0.29, 0.717) is 5.02 Å². The van der Waals surface area contributed by atoms with Gasteiger partial charge in [-0.3, -0.25) is 10.1 Å². The summed E-state index contributed by atoms with van der Waals surface area (Å²) in [5.41, 5.74) is 0.662. The van der Waals surface area contributed by atoms with Crippen LogP contribution in [0.15, 0.2) is 40.9 Å². The SMILES string of the molecule is CC(Nc1cc([N+](=O)[O-])ccc1F)c1ccc(Br)cc1Cl. The van der Waals surface area contributed by atoms with Crippen LogP contribution in [0.1, 0.15) is 18.5 Å². The number of rotatable bonds is 4. The normalized spacial score (nSPS) is 12.0. The first kappa shape index (κ1) is 15.7. The van der Waals surface area contributed by atoms with Gasteiger partial charge in [-0.1, -0.05) is 33.6 Å². The first-order chi connectivity index (χ1) is 9.88. The monoisotopic (exact) mass is 372 g/mol. The number of hydrogen-bond acceptors (Lipinski definition) is 3. The highest BCUT2D eigenvalue weighted by Crippen LogP contribution is 2.30. The molecule has 0 aliphatic heterocycles. The number of hydrogen-bond donors (Lipinski definition) is 1. The third-order valence-corrected chi connectivity index (χ3v) is 3.78. The lowest BCUT2D eigenvalue weighted by molar-refractivity contribution is -0.384. The Kier molecular flexibility index (Phi) is 4.80. The second-order valence-electron chi connectivity index (χ2n) is 4.45. The highest BCUT2D eigenvalue weighted by Gasteiger charge is 2.15. The molecule has 21 heavy (non-hydrogen) atoms. The minimum Gasteiger partial charge on any atom is -0.376 e. The summed E-state index contributed by atoms with van der Waals surface area (Å²) in [5.74, 6) is -0.555. The predicted octanol–water partition coefficient (Wildman–Crippen LogP) is 5.32. The van der Waals surface area contributed by atoms with Gasteiger partial charge in [-0.2, -0.15) is 0 Å². The molecule has 0 saturated heterocycles. The Balaban J connectivity index is 2.28. The Bertz CT molecular complexity index is 697. The summed E-state index contributed by atoms with van der Waals surface area (Å²) in [6.07, 6.45) is 0. The molecule has 0 bridgehead atoms. The number of nitrogens with one attached hydrogen (secondary N) is 1. The average Bonchev–Trinajstić information content (AvgIpc) is 2.40. The van der Waals surface area contributed by atoms with Gasteiger partial charge in [-0.05, 0) is 30.7 Å². The molecule has 0 aliphatic carbocycles. The molecule has 0 aliphatic rings. The van der Waals surface area contributed by atoms with Crippen LogP contribution in [0.3, 0.4) is 0 Å². The van der Waals surface area contributed by atoms with Gasteiger partial charge >= 0.3 is 0 Å². The standard InChI is InChI=1S/C14H11BrClFN2O2/c1-8(11-4-2-9(15)6-12(11)16)18-14-7-10(19(20)21)3-5-13(14)17/h2-8,18H,1H3. The van der Waals surface area contributed by atoms with Crippen molar-refractivity contribution in [1.29, 1.82) is 0 Å². The van der Waals surface area contributed by atoms with E-state index in [1.807, 2.05) is 6.07 Å². The van der Waals surface area contributed by atoms with Gasteiger partial charge in [0.2, 0.25) is 0 Å². The Labute approximate surface area is 134 Å². The van der Waals surface area contributed by atoms with Crippen LogP contribution in [0.5, 0.6) is 0 Å². The molecule has 0 amide bonds. The highest BCUT2D eigenvalue weighted by molar-refractivity contribution is 9.10. The second kappa shape index (κ2) is 6.41. The lowest BCUT2D eigenvalue weighted by atomic mass is 10.1. The molecule has 1 unspecified atom stereocenters. The number of nitrogens with zero attached hydrogens (tertiary/aromatic N) is 1. The van der Waals surface area contributed by atoms with Crippen molar-refractivity contribution >= 4 is 38.9 Å². The summed E-state index contributed by atoms with van der Waals surface area (Å²) in [7, 11) is 0. The maximum Gasteiger partial charge on any atom is 0.271 e. The molecule has 1 N–H and O–H groups in total. The van der Waals surface area contributed by atoms with E-state index in [2.05, 4.69) is 21.2 Å². The van der Waals surface area contributed by atoms with Crippen molar-refractivity contribution in [2.75, 3.05) is 5.32 Å². The molecule has 0 radical (unpaired) electrons. The molecule has 2 aromatic rings. The molecule has 2 rings (SSSR count). The molecule has 0 spiro atoms. The van der Waals surface area contributed by atoms with Crippen LogP contribution < -0.4 is 5.32 Å². The summed E-state index contributed by atoms with van der Waals surface area (Å²) >= 11 is 9.45. The molecule has 7 heteroatoms. The third kappa shape index (κ3) is 3.71. The summed E-state index contributed by atoms with van der Waals surface area (Å²) in [6.45, 7) is 1.80. The number of halogens is 3. The molecule has 4 nitrogen and oxygen atoms in total. The van der Waals surface area contributed by atoms with Crippen LogP contribution in [0, 0.1) is 15.9 Å². The fraction of sp³-hybridized carbons (Fsp3) is 0.143. The van der Waals surface area contributed by atoms with Crippen molar-refractivity contribution in [2.45, 2.75) is 13.0 Å². The minimum absolute atomic E-state index is 0.0654. The molecular formula is C14H11BrClFN2O2. The fourth-order valence-corrected chi connectivity index (χ4v) is 2.74. The molecule has 2 aromatic carbocycles. The van der Waals surface area contributed by atoms with E-state index in [0.717, 1.165) is 22.2 Å². The Hall–Kier alpha value is -1.66. The molecule has 0 aromatic heterocycles. The molecule has 0 heterocycles. The van der Waals surface area contributed by atoms with Crippen LogP contribution in [0.4, 0.5) is 15.8 Å². The van der Waals surface area contributed by atoms with Crippen molar-refractivity contribution in [2.24, 2.45) is 0 Å². The van der Waals surface area contributed by atoms with Gasteiger partial charge in [0.1, 0.15) is 5.82 Å². The quantitative estimate of drug-likeness (QED) is 0.582. The number of nitro groups is 1. The van der Waals surface area contributed by atoms with Gasteiger partial charge in [0.05, 0.1) is 16.7 Å². The maximum absolute atomic E-state index is 13.7. The van der Waals surface area contributed by atoms with Crippen molar-refractivity contribution in [3.8, 4) is 0 Å². The Morgan fingerprint density at radius 3 is 2.67 bits per heavy atom. The van der Waals surface area contributed by atoms with Crippen molar-refractivity contribution in [3.63, 3.8) is 0 Å². The number of benzene rings is 2. The van der Waals surface area contributed by atoms with Crippen LogP contribution in [0.25, 0.3) is 0 Å². The average molecular weight is 374 g/mol. The number of non-ortho nitro benzene ring substituents is 1. The van der Waals surface area contributed by atoms with E-state index < -0.39 is 10.7 Å². The largest absolute Gasteiger partial charge is 0.376 e. The first-order valence-electron chi connectivity index (χ1n) is 6.04. The van der Waals surface area contributed by atoms with Gasteiger partial charge in [-0.25, -0.2) is 4.39 Å². The summed E-state index contributed by atoms with van der Waals surface area (Å²) in [6, 6.07) is 8.41. The summed E-state index contributed by atoms with van der Waals surface area (Å²) in [5, 5.41) is 14.2. The van der Waals surface area contributed by atoms with E-state index in [9.17, 15) is 14.5 Å². The zero-order chi connectivity index (χ0) is 15.6. The summed E-state index contributed by atoms with van der Waals surface area (Å²) < 4.78 is 14.6. The van der Waals surface area contributed by atoms with Gasteiger partial charge in [-0.15, -0.1) is 0 Å². The van der Waals surface area contributed by atoms with E-state index in [1.165, 1.54) is 6.07 Å². The topological polar surface area (TPSA) is 55.2 Å². The Morgan fingerprint density at radius 2 is 2.05 bits per heavy atom. The van der Waals surface area contributed by atoms with Crippen molar-refractivity contribution in [1.82, 2.24) is 0 Å². The van der Waals surface area contributed by atoms with Crippen molar-refractivity contribution < 1.29 is 9.31 Å². The third-order valence-electron chi connectivity index (χ3n) is 2.96. The zero-order valence-electron chi connectivity index (χ0n) is 10.9. The van der Waals surface area contributed by atoms with Crippen LogP contribution in [-0.2, 0) is 0 Å². The van der Waals surface area contributed by atoms with Crippen LogP contribution >= 0.6 is 27.5 Å². The smallest absolute Gasteiger partial charge is 0.271 e. The van der Waals surface area contributed by atoms with Gasteiger partial charge in [0, 0.05) is 21.6 Å². The van der Waals surface area contributed by atoms with E-state index >= 15 is 0 Å². The first-order valence-corrected chi connectivity index (χ1v) is 7.21. The molecule has 1 atom stereocenters. The number of anilines is 1. The van der Waals surface area contributed by atoms with Crippen LogP contribution in [0.2, 0.25) is 5.02 Å². The summed E-state index contributed by atoms with van der Waals surface area (Å²) in [4.78, 5) is 10.2. The molecule has 110 valence electrons. The van der Waals surface area contributed by atoms with E-state index in [-0.39, 0.29) is 17.4 Å². The predicted molar refractivity (Wildman–Crippen MR) is 84.2 cm³/mol. The fourth-order valence-electron chi connectivity index (χ4n) is 1.90. The second-order valence-corrected chi connectivity index (χ2v) is 5.78. The van der Waals surface area contributed by atoms with Crippen molar-refractivity contribution in [3.05, 3.63) is 67.4 Å².